The minimum absolute atomic E-state index is 0. The van der Waals surface area contributed by atoms with Crippen LogP contribution >= 0.6 is 0 Å². The Morgan fingerprint density at radius 3 is 1.33 bits per heavy atom. The van der Waals surface area contributed by atoms with Crippen molar-refractivity contribution in [3.63, 3.8) is 0 Å². The number of rotatable bonds is 0. The van der Waals surface area contributed by atoms with E-state index < -0.39 is 0 Å². The number of nitrogens with zero attached hydrogens (tertiary/aromatic N) is 6. The van der Waals surface area contributed by atoms with Gasteiger partial charge in [0.2, 0.25) is 0 Å². The minimum Gasteiger partial charge on any atom is -0.230 e. The molecule has 12 rings (SSSR count). The number of fused-ring (bicyclic) bond motifs is 14. The van der Waals surface area contributed by atoms with Gasteiger partial charge in [-0.05, 0) is 92.1 Å². The Hall–Kier alpha value is -6.27. The molecular formula is C60H75N6+3. The highest BCUT2D eigenvalue weighted by atomic mass is 15.2. The van der Waals surface area contributed by atoms with Crippen LogP contribution in [0.25, 0.3) is 66.5 Å². The van der Waals surface area contributed by atoms with Crippen LogP contribution in [0.4, 0.5) is 0 Å². The van der Waals surface area contributed by atoms with E-state index in [0.29, 0.717) is 0 Å². The van der Waals surface area contributed by atoms with Gasteiger partial charge in [0.25, 0.3) is 17.5 Å². The third kappa shape index (κ3) is 6.23. The molecule has 0 radical (unpaired) electrons. The first-order valence-electron chi connectivity index (χ1n) is 22.7. The van der Waals surface area contributed by atoms with E-state index in [1.165, 1.54) is 117 Å². The Bertz CT molecular complexity index is 3380. The predicted octanol–water partition coefficient (Wildman–Crippen LogP) is 13.4. The van der Waals surface area contributed by atoms with Gasteiger partial charge in [0, 0.05) is 58.2 Å². The van der Waals surface area contributed by atoms with Crippen LogP contribution in [0.3, 0.4) is 0 Å². The quantitative estimate of drug-likeness (QED) is 0.136. The molecule has 6 heterocycles. The Labute approximate surface area is 395 Å². The number of benzene rings is 6. The summed E-state index contributed by atoms with van der Waals surface area (Å²) in [7, 11) is 6.53. The van der Waals surface area contributed by atoms with Crippen molar-refractivity contribution in [2.75, 3.05) is 0 Å². The van der Waals surface area contributed by atoms with E-state index in [9.17, 15) is 0 Å². The second-order valence-electron chi connectivity index (χ2n) is 20.0. The first-order valence-corrected chi connectivity index (χ1v) is 22.7. The molecule has 9 aromatic rings. The van der Waals surface area contributed by atoms with Gasteiger partial charge in [-0.3, -0.25) is 0 Å². The molecule has 66 heavy (non-hydrogen) atoms. The van der Waals surface area contributed by atoms with Crippen LogP contribution in [0, 0.1) is 41.5 Å². The SMILES string of the molecule is C.C.C.Cc1c(C)[n+](C)c2n1C(C)(C)c1c-2ccc2ccccc12.Cc1c(C)[n+](C)c2n1C(C)(C)c1cc3ccccc3cc1-2.Cc1c(C)[n+](C)c2n1C(C)(C)c1ccc3ccccc3c1-2. The van der Waals surface area contributed by atoms with Crippen LogP contribution in [0.5, 0.6) is 0 Å². The molecule has 3 aromatic heterocycles. The lowest BCUT2D eigenvalue weighted by atomic mass is 9.88. The van der Waals surface area contributed by atoms with Crippen molar-refractivity contribution in [1.29, 1.82) is 0 Å². The van der Waals surface area contributed by atoms with E-state index in [1.54, 1.807) is 0 Å². The Balaban J connectivity index is 0.000000144. The largest absolute Gasteiger partial charge is 0.290 e. The fourth-order valence-corrected chi connectivity index (χ4v) is 12.0. The van der Waals surface area contributed by atoms with E-state index >= 15 is 0 Å². The monoisotopic (exact) mass is 880 g/mol. The molecule has 0 aliphatic carbocycles. The molecule has 0 amide bonds. The summed E-state index contributed by atoms with van der Waals surface area (Å²) in [6, 6.07) is 39.9. The molecule has 6 aromatic carbocycles. The van der Waals surface area contributed by atoms with Crippen LogP contribution in [0.15, 0.2) is 109 Å². The normalized spacial score (nSPS) is 14.6. The highest BCUT2D eigenvalue weighted by Gasteiger charge is 2.49. The highest BCUT2D eigenvalue weighted by molar-refractivity contribution is 5.98. The molecular weight excluding hydrogens is 805 g/mol. The molecule has 3 aliphatic heterocycles. The molecule has 0 unspecified atom stereocenters. The van der Waals surface area contributed by atoms with Crippen molar-refractivity contribution in [2.45, 2.75) is 122 Å². The van der Waals surface area contributed by atoms with Crippen LogP contribution in [-0.4, -0.2) is 13.7 Å². The first kappa shape index (κ1) is 47.7. The summed E-state index contributed by atoms with van der Waals surface area (Å²) in [5, 5.41) is 8.02. The lowest BCUT2D eigenvalue weighted by Crippen LogP contribution is -2.32. The first-order chi connectivity index (χ1) is 29.8. The maximum atomic E-state index is 2.50. The fraction of sp³-hybridized carbons (Fsp3) is 0.350. The molecule has 0 atom stereocenters. The minimum atomic E-state index is -0.0123. The molecule has 3 aliphatic rings. The summed E-state index contributed by atoms with van der Waals surface area (Å²) in [5.41, 5.74) is 16.6. The van der Waals surface area contributed by atoms with E-state index in [0.717, 1.165) is 0 Å². The maximum Gasteiger partial charge on any atom is 0.290 e. The van der Waals surface area contributed by atoms with Crippen molar-refractivity contribution in [3.8, 4) is 34.2 Å². The number of hydrogen-bond donors (Lipinski definition) is 0. The average Bonchev–Trinajstić information content (AvgIpc) is 3.98. The summed E-state index contributed by atoms with van der Waals surface area (Å²) >= 11 is 0. The summed E-state index contributed by atoms with van der Waals surface area (Å²) < 4.78 is 14.5. The number of imidazole rings is 3. The van der Waals surface area contributed by atoms with Crippen molar-refractivity contribution >= 4 is 32.3 Å². The summed E-state index contributed by atoms with van der Waals surface area (Å²) in [5.74, 6) is 3.99. The zero-order valence-corrected chi connectivity index (χ0v) is 40.1. The zero-order valence-electron chi connectivity index (χ0n) is 40.1. The van der Waals surface area contributed by atoms with Gasteiger partial charge >= 0.3 is 0 Å². The van der Waals surface area contributed by atoms with Gasteiger partial charge in [-0.1, -0.05) is 113 Å². The van der Waals surface area contributed by atoms with Crippen LogP contribution in [-0.2, 0) is 37.8 Å². The van der Waals surface area contributed by atoms with Gasteiger partial charge in [0.15, 0.2) is 0 Å². The van der Waals surface area contributed by atoms with Crippen molar-refractivity contribution < 1.29 is 13.7 Å². The third-order valence-electron chi connectivity index (χ3n) is 15.7. The molecule has 0 N–H and O–H groups in total. The topological polar surface area (TPSA) is 26.4 Å². The highest BCUT2D eigenvalue weighted by Crippen LogP contribution is 2.49. The summed E-state index contributed by atoms with van der Waals surface area (Å²) in [6.45, 7) is 27.3. The van der Waals surface area contributed by atoms with E-state index in [2.05, 4.69) is 241 Å². The maximum absolute atomic E-state index is 2.50. The van der Waals surface area contributed by atoms with Crippen molar-refractivity contribution in [2.24, 2.45) is 21.1 Å². The number of hydrogen-bond acceptors (Lipinski definition) is 0. The fourth-order valence-electron chi connectivity index (χ4n) is 12.0. The van der Waals surface area contributed by atoms with E-state index in [1.807, 2.05) is 0 Å². The van der Waals surface area contributed by atoms with Gasteiger partial charge in [-0.25, -0.2) is 27.4 Å². The smallest absolute Gasteiger partial charge is 0.230 e. The van der Waals surface area contributed by atoms with Crippen molar-refractivity contribution in [1.82, 2.24) is 13.7 Å². The van der Waals surface area contributed by atoms with Crippen LogP contribution < -0.4 is 13.7 Å². The molecule has 6 nitrogen and oxygen atoms in total. The third-order valence-corrected chi connectivity index (χ3v) is 15.7. The summed E-state index contributed by atoms with van der Waals surface area (Å²) in [6.07, 6.45) is 0. The standard InChI is InChI=1S/3C19H21N2.3CH4/c1-12-13(2)21-18(20(12)5)16-10-14-8-6-7-9-15(14)11-17(16)19(21,3)4;1-12-13(2)21-18(20(12)5)17-15-9-7-6-8-14(15)10-11-16(17)19(21,3)4;1-12-13(2)21-18(20(12)5)16-11-10-14-8-6-7-9-15(14)17(16)19(21,3)4;;;/h3*6-11H,1-5H3;3*1H4/q3*+1;;;. The molecule has 342 valence electrons. The van der Waals surface area contributed by atoms with E-state index in [-0.39, 0.29) is 38.9 Å². The van der Waals surface area contributed by atoms with Crippen molar-refractivity contribution in [3.05, 3.63) is 160 Å². The molecule has 6 heteroatoms. The van der Waals surface area contributed by atoms with E-state index in [4.69, 9.17) is 0 Å². The van der Waals surface area contributed by atoms with Gasteiger partial charge < -0.3 is 0 Å². The van der Waals surface area contributed by atoms with Gasteiger partial charge in [-0.15, -0.1) is 0 Å². The van der Waals surface area contributed by atoms with Gasteiger partial charge in [0.1, 0.15) is 50.8 Å². The van der Waals surface area contributed by atoms with Crippen LogP contribution in [0.1, 0.15) is 115 Å². The lowest BCUT2D eigenvalue weighted by Gasteiger charge is -2.20. The second kappa shape index (κ2) is 16.0. The lowest BCUT2D eigenvalue weighted by molar-refractivity contribution is -0.665. The second-order valence-corrected chi connectivity index (χ2v) is 20.0. The molecule has 0 saturated carbocycles. The predicted molar refractivity (Wildman–Crippen MR) is 280 cm³/mol. The molecule has 0 spiro atoms. The Kier molecular flexibility index (Phi) is 11.5. The Morgan fingerprint density at radius 2 is 0.773 bits per heavy atom. The van der Waals surface area contributed by atoms with Gasteiger partial charge in [0.05, 0.1) is 37.8 Å². The van der Waals surface area contributed by atoms with Crippen LogP contribution in [0.2, 0.25) is 0 Å². The molecule has 0 bridgehead atoms. The number of aromatic nitrogens is 6. The average molecular weight is 880 g/mol. The zero-order chi connectivity index (χ0) is 44.8. The molecule has 0 fully saturated rings. The van der Waals surface area contributed by atoms with Gasteiger partial charge in [-0.2, -0.15) is 0 Å². The molecule has 0 saturated heterocycles. The Morgan fingerprint density at radius 1 is 0.379 bits per heavy atom. The summed E-state index contributed by atoms with van der Waals surface area (Å²) in [4.78, 5) is 0.